The summed E-state index contributed by atoms with van der Waals surface area (Å²) < 4.78 is 14.7. The molecule has 5 heteroatoms. The molecule has 0 saturated carbocycles. The van der Waals surface area contributed by atoms with Crippen LogP contribution >= 0.6 is 0 Å². The van der Waals surface area contributed by atoms with E-state index in [1.54, 1.807) is 16.8 Å². The third kappa shape index (κ3) is 3.31. The van der Waals surface area contributed by atoms with Gasteiger partial charge in [0, 0.05) is 18.8 Å². The highest BCUT2D eigenvalue weighted by molar-refractivity contribution is 5.31. The lowest BCUT2D eigenvalue weighted by Crippen LogP contribution is -2.41. The first-order valence-electron chi connectivity index (χ1n) is 7.41. The largest absolute Gasteiger partial charge is 0.395 e. The third-order valence-corrected chi connectivity index (χ3v) is 4.06. The Hall–Kier alpha value is -1.72. The molecule has 0 amide bonds. The average Bonchev–Trinajstić information content (AvgIpc) is 2.97. The smallest absolute Gasteiger partial charge is 0.123 e. The molecule has 1 N–H and O–H groups in total. The van der Waals surface area contributed by atoms with E-state index in [0.29, 0.717) is 0 Å². The van der Waals surface area contributed by atoms with Crippen LogP contribution in [0.4, 0.5) is 4.39 Å². The lowest BCUT2D eigenvalue weighted by molar-refractivity contribution is 0.0830. The minimum atomic E-state index is -0.245. The number of benzene rings is 1. The van der Waals surface area contributed by atoms with E-state index in [-0.39, 0.29) is 18.5 Å². The molecule has 4 nitrogen and oxygen atoms in total. The Kier molecular flexibility index (Phi) is 4.31. The molecule has 2 heterocycles. The summed E-state index contributed by atoms with van der Waals surface area (Å²) in [5, 5.41) is 14.0. The van der Waals surface area contributed by atoms with Crippen molar-refractivity contribution in [3.05, 3.63) is 48.0 Å². The minimum Gasteiger partial charge on any atom is -0.395 e. The quantitative estimate of drug-likeness (QED) is 0.939. The van der Waals surface area contributed by atoms with Crippen LogP contribution in [0.15, 0.2) is 36.5 Å². The van der Waals surface area contributed by atoms with Gasteiger partial charge in [-0.1, -0.05) is 6.42 Å². The predicted molar refractivity (Wildman–Crippen MR) is 78.7 cm³/mol. The van der Waals surface area contributed by atoms with Gasteiger partial charge >= 0.3 is 0 Å². The Morgan fingerprint density at radius 3 is 2.76 bits per heavy atom. The maximum Gasteiger partial charge on any atom is 0.123 e. The first-order chi connectivity index (χ1) is 10.3. The van der Waals surface area contributed by atoms with Crippen molar-refractivity contribution in [2.24, 2.45) is 0 Å². The zero-order valence-electron chi connectivity index (χ0n) is 12.0. The van der Waals surface area contributed by atoms with Crippen LogP contribution in [0.2, 0.25) is 0 Å². The number of likely N-dealkylation sites (tertiary alicyclic amines) is 1. The van der Waals surface area contributed by atoms with Crippen LogP contribution in [-0.4, -0.2) is 39.0 Å². The molecule has 1 aromatic heterocycles. The number of halogens is 1. The van der Waals surface area contributed by atoms with Crippen LogP contribution in [0.3, 0.4) is 0 Å². The van der Waals surface area contributed by atoms with Crippen LogP contribution in [0.5, 0.6) is 0 Å². The van der Waals surface area contributed by atoms with Crippen molar-refractivity contribution >= 4 is 0 Å². The second kappa shape index (κ2) is 6.37. The number of rotatable bonds is 4. The summed E-state index contributed by atoms with van der Waals surface area (Å²) in [5.74, 6) is -0.245. The number of aromatic nitrogens is 2. The Morgan fingerprint density at radius 2 is 2.00 bits per heavy atom. The van der Waals surface area contributed by atoms with E-state index in [1.807, 2.05) is 12.3 Å². The molecule has 1 atom stereocenters. The number of nitrogens with zero attached hydrogens (tertiary/aromatic N) is 3. The van der Waals surface area contributed by atoms with Crippen molar-refractivity contribution in [3.63, 3.8) is 0 Å². The van der Waals surface area contributed by atoms with Gasteiger partial charge < -0.3 is 5.11 Å². The second-order valence-corrected chi connectivity index (χ2v) is 5.53. The lowest BCUT2D eigenvalue weighted by Gasteiger charge is -2.33. The lowest BCUT2D eigenvalue weighted by atomic mass is 10.0. The first kappa shape index (κ1) is 14.2. The highest BCUT2D eigenvalue weighted by Crippen LogP contribution is 2.19. The summed E-state index contributed by atoms with van der Waals surface area (Å²) >= 11 is 0. The number of aliphatic hydroxyl groups is 1. The van der Waals surface area contributed by atoms with Gasteiger partial charge in [-0.15, -0.1) is 0 Å². The molecule has 1 aliphatic rings. The van der Waals surface area contributed by atoms with Crippen LogP contribution in [0.25, 0.3) is 5.69 Å². The van der Waals surface area contributed by atoms with Gasteiger partial charge in [-0.25, -0.2) is 9.07 Å². The molecule has 112 valence electrons. The number of piperidine rings is 1. The molecule has 0 bridgehead atoms. The molecule has 1 saturated heterocycles. The number of hydrogen-bond donors (Lipinski definition) is 1. The summed E-state index contributed by atoms with van der Waals surface area (Å²) in [6.07, 6.45) is 5.30. The van der Waals surface area contributed by atoms with E-state index in [9.17, 15) is 9.50 Å². The highest BCUT2D eigenvalue weighted by atomic mass is 19.1. The maximum absolute atomic E-state index is 12.9. The highest BCUT2D eigenvalue weighted by Gasteiger charge is 2.22. The van der Waals surface area contributed by atoms with Gasteiger partial charge in [0.05, 0.1) is 18.0 Å². The summed E-state index contributed by atoms with van der Waals surface area (Å²) in [7, 11) is 0. The van der Waals surface area contributed by atoms with E-state index in [4.69, 9.17) is 0 Å². The molecular formula is C16H20FN3O. The normalized spacial score (nSPS) is 19.8. The van der Waals surface area contributed by atoms with Gasteiger partial charge in [0.1, 0.15) is 5.82 Å². The van der Waals surface area contributed by atoms with Crippen molar-refractivity contribution in [2.45, 2.75) is 31.8 Å². The van der Waals surface area contributed by atoms with Crippen molar-refractivity contribution in [1.82, 2.24) is 14.7 Å². The minimum absolute atomic E-state index is 0.207. The van der Waals surface area contributed by atoms with Crippen molar-refractivity contribution in [3.8, 4) is 5.69 Å². The Balaban J connectivity index is 1.71. The fourth-order valence-corrected chi connectivity index (χ4v) is 2.87. The van der Waals surface area contributed by atoms with Crippen LogP contribution in [-0.2, 0) is 6.54 Å². The van der Waals surface area contributed by atoms with Crippen molar-refractivity contribution < 1.29 is 9.50 Å². The van der Waals surface area contributed by atoms with Crippen LogP contribution in [0, 0.1) is 5.82 Å². The monoisotopic (exact) mass is 289 g/mol. The third-order valence-electron chi connectivity index (χ3n) is 4.06. The van der Waals surface area contributed by atoms with E-state index in [2.05, 4.69) is 10.00 Å². The van der Waals surface area contributed by atoms with E-state index >= 15 is 0 Å². The van der Waals surface area contributed by atoms with Gasteiger partial charge in [0.15, 0.2) is 0 Å². The Labute approximate surface area is 123 Å². The second-order valence-electron chi connectivity index (χ2n) is 5.53. The molecule has 1 unspecified atom stereocenters. The Bertz CT molecular complexity index is 581. The van der Waals surface area contributed by atoms with Gasteiger partial charge in [0.2, 0.25) is 0 Å². The Morgan fingerprint density at radius 1 is 1.19 bits per heavy atom. The summed E-state index contributed by atoms with van der Waals surface area (Å²) in [6, 6.07) is 8.51. The molecular weight excluding hydrogens is 269 g/mol. The first-order valence-corrected chi connectivity index (χ1v) is 7.41. The molecule has 0 aliphatic carbocycles. The van der Waals surface area contributed by atoms with Crippen molar-refractivity contribution in [2.75, 3.05) is 13.2 Å². The molecule has 1 aliphatic heterocycles. The summed E-state index contributed by atoms with van der Waals surface area (Å²) in [6.45, 7) is 1.97. The fourth-order valence-electron chi connectivity index (χ4n) is 2.87. The van der Waals surface area contributed by atoms with E-state index in [0.717, 1.165) is 30.9 Å². The number of aliphatic hydroxyl groups excluding tert-OH is 1. The number of hydrogen-bond acceptors (Lipinski definition) is 3. The van der Waals surface area contributed by atoms with Crippen LogP contribution in [0.1, 0.15) is 25.0 Å². The zero-order valence-corrected chi connectivity index (χ0v) is 12.0. The van der Waals surface area contributed by atoms with Gasteiger partial charge in [-0.05, 0) is 49.7 Å². The summed E-state index contributed by atoms with van der Waals surface area (Å²) in [5.41, 5.74) is 1.82. The molecule has 3 rings (SSSR count). The average molecular weight is 289 g/mol. The molecule has 21 heavy (non-hydrogen) atoms. The van der Waals surface area contributed by atoms with Crippen LogP contribution < -0.4 is 0 Å². The molecule has 1 aromatic carbocycles. The topological polar surface area (TPSA) is 41.3 Å². The summed E-state index contributed by atoms with van der Waals surface area (Å²) in [4.78, 5) is 2.29. The van der Waals surface area contributed by atoms with Gasteiger partial charge in [-0.2, -0.15) is 5.10 Å². The maximum atomic E-state index is 12.9. The van der Waals surface area contributed by atoms with Gasteiger partial charge in [0.25, 0.3) is 0 Å². The zero-order chi connectivity index (χ0) is 14.7. The van der Waals surface area contributed by atoms with E-state index in [1.165, 1.54) is 25.0 Å². The van der Waals surface area contributed by atoms with Crippen molar-refractivity contribution in [1.29, 1.82) is 0 Å². The standard InChI is InChI=1S/C16H20FN3O/c17-13-4-6-15(7-5-13)20-10-8-14(18-20)11-19-9-2-1-3-16(19)12-21/h4-8,10,16,21H,1-3,9,11-12H2. The van der Waals surface area contributed by atoms with Gasteiger partial charge in [-0.3, -0.25) is 4.90 Å². The molecule has 2 aromatic rings. The molecule has 0 spiro atoms. The predicted octanol–water partition coefficient (Wildman–Crippen LogP) is 2.36. The fraction of sp³-hybridized carbons (Fsp3) is 0.438. The molecule has 1 fully saturated rings. The SMILES string of the molecule is OCC1CCCCN1Cc1ccn(-c2ccc(F)cc2)n1. The molecule has 0 radical (unpaired) electrons. The van der Waals surface area contributed by atoms with E-state index < -0.39 is 0 Å².